The first kappa shape index (κ1) is 14.3. The number of pyridine rings is 1. The minimum absolute atomic E-state index is 0.952. The van der Waals surface area contributed by atoms with Crippen LogP contribution in [-0.4, -0.2) is 28.0 Å². The van der Waals surface area contributed by atoms with Gasteiger partial charge in [-0.3, -0.25) is 4.90 Å². The van der Waals surface area contributed by atoms with E-state index in [-0.39, 0.29) is 0 Å². The molecular weight excluding hydrogens is 302 g/mol. The van der Waals surface area contributed by atoms with Crippen LogP contribution in [0.3, 0.4) is 0 Å². The Balaban J connectivity index is 1.43. The van der Waals surface area contributed by atoms with Crippen LogP contribution in [0.4, 0.5) is 0 Å². The van der Waals surface area contributed by atoms with Crippen LogP contribution in [0.25, 0.3) is 11.0 Å². The lowest BCUT2D eigenvalue weighted by atomic mass is 10.1. The number of H-pyrrole nitrogens is 1. The number of thiophene rings is 1. The number of aromatic nitrogens is 2. The van der Waals surface area contributed by atoms with Gasteiger partial charge in [0.05, 0.1) is 4.88 Å². The molecule has 0 radical (unpaired) electrons. The highest BCUT2D eigenvalue weighted by molar-refractivity contribution is 7.10. The van der Waals surface area contributed by atoms with Gasteiger partial charge in [0.15, 0.2) is 0 Å². The molecule has 0 saturated carbocycles. The first-order valence-electron chi connectivity index (χ1n) is 7.76. The zero-order chi connectivity index (χ0) is 15.5. The highest BCUT2D eigenvalue weighted by Crippen LogP contribution is 2.20. The lowest BCUT2D eigenvalue weighted by molar-refractivity contribution is 0.289. The fraction of sp³-hybridized carbons (Fsp3) is 0.211. The number of aromatic amines is 1. The lowest BCUT2D eigenvalue weighted by Crippen LogP contribution is -2.28. The monoisotopic (exact) mass is 319 g/mol. The van der Waals surface area contributed by atoms with Crippen LogP contribution in [0.5, 0.6) is 0 Å². The number of nitrogens with zero attached hydrogens (tertiary/aromatic N) is 2. The molecule has 4 heterocycles. The van der Waals surface area contributed by atoms with Gasteiger partial charge >= 0.3 is 0 Å². The number of nitrogens with one attached hydrogen (secondary N) is 1. The molecule has 3 aromatic rings. The Morgan fingerprint density at radius 3 is 3.09 bits per heavy atom. The summed E-state index contributed by atoms with van der Waals surface area (Å²) in [4.78, 5) is 11.2. The molecule has 1 aliphatic heterocycles. The molecule has 4 heteroatoms. The van der Waals surface area contributed by atoms with Crippen molar-refractivity contribution in [1.82, 2.24) is 14.9 Å². The molecular formula is C19H17N3S. The summed E-state index contributed by atoms with van der Waals surface area (Å²) in [6.45, 7) is 2.97. The van der Waals surface area contributed by atoms with Crippen LogP contribution >= 0.6 is 11.3 Å². The van der Waals surface area contributed by atoms with Gasteiger partial charge in [-0.1, -0.05) is 24.0 Å². The Morgan fingerprint density at radius 2 is 2.26 bits per heavy atom. The fourth-order valence-corrected chi connectivity index (χ4v) is 3.42. The molecule has 0 aromatic carbocycles. The normalized spacial score (nSPS) is 15.2. The summed E-state index contributed by atoms with van der Waals surface area (Å²) in [6, 6.07) is 8.24. The van der Waals surface area contributed by atoms with Crippen LogP contribution in [0.1, 0.15) is 16.9 Å². The summed E-state index contributed by atoms with van der Waals surface area (Å²) in [5.74, 6) is 6.56. The lowest BCUT2D eigenvalue weighted by Gasteiger charge is -2.24. The van der Waals surface area contributed by atoms with E-state index in [2.05, 4.69) is 56.5 Å². The van der Waals surface area contributed by atoms with Gasteiger partial charge in [-0.15, -0.1) is 11.3 Å². The molecule has 3 nitrogen and oxygen atoms in total. The van der Waals surface area contributed by atoms with E-state index >= 15 is 0 Å². The summed E-state index contributed by atoms with van der Waals surface area (Å²) in [5, 5.41) is 3.29. The minimum atomic E-state index is 0.952. The molecule has 1 N–H and O–H groups in total. The molecule has 0 saturated heterocycles. The maximum Gasteiger partial charge on any atom is 0.137 e. The molecule has 23 heavy (non-hydrogen) atoms. The molecule has 1 aliphatic rings. The fourth-order valence-electron chi connectivity index (χ4n) is 2.84. The van der Waals surface area contributed by atoms with E-state index in [1.807, 2.05) is 18.3 Å². The van der Waals surface area contributed by atoms with E-state index < -0.39 is 0 Å². The maximum atomic E-state index is 4.35. The second kappa shape index (κ2) is 6.41. The van der Waals surface area contributed by atoms with Crippen molar-refractivity contribution >= 4 is 22.4 Å². The van der Waals surface area contributed by atoms with Crippen LogP contribution < -0.4 is 0 Å². The molecule has 0 fully saturated rings. The molecule has 0 unspecified atom stereocenters. The van der Waals surface area contributed by atoms with Crippen molar-refractivity contribution in [2.24, 2.45) is 0 Å². The summed E-state index contributed by atoms with van der Waals surface area (Å²) in [5.41, 5.74) is 3.54. The van der Waals surface area contributed by atoms with Gasteiger partial charge in [0.2, 0.25) is 0 Å². The van der Waals surface area contributed by atoms with Crippen LogP contribution in [0, 0.1) is 11.8 Å². The summed E-state index contributed by atoms with van der Waals surface area (Å²) in [7, 11) is 0. The van der Waals surface area contributed by atoms with Gasteiger partial charge in [-0.2, -0.15) is 0 Å². The Labute approximate surface area is 139 Å². The molecule has 0 aliphatic carbocycles. The topological polar surface area (TPSA) is 31.9 Å². The van der Waals surface area contributed by atoms with Crippen molar-refractivity contribution in [2.45, 2.75) is 13.0 Å². The second-order valence-corrected chi connectivity index (χ2v) is 6.60. The molecule has 4 rings (SSSR count). The largest absolute Gasteiger partial charge is 0.346 e. The predicted octanol–water partition coefficient (Wildman–Crippen LogP) is 3.81. The van der Waals surface area contributed by atoms with Gasteiger partial charge in [0, 0.05) is 43.0 Å². The summed E-state index contributed by atoms with van der Waals surface area (Å²) in [6.07, 6.45) is 7.19. The number of hydrogen-bond donors (Lipinski definition) is 1. The van der Waals surface area contributed by atoms with Gasteiger partial charge in [-0.25, -0.2) is 4.98 Å². The number of rotatable bonds is 2. The quantitative estimate of drug-likeness (QED) is 0.729. The average molecular weight is 319 g/mol. The van der Waals surface area contributed by atoms with Crippen molar-refractivity contribution < 1.29 is 0 Å². The summed E-state index contributed by atoms with van der Waals surface area (Å²) >= 11 is 1.70. The maximum absolute atomic E-state index is 4.35. The van der Waals surface area contributed by atoms with Crippen LogP contribution in [-0.2, 0) is 6.54 Å². The first-order chi connectivity index (χ1) is 11.4. The third-order valence-electron chi connectivity index (χ3n) is 4.09. The van der Waals surface area contributed by atoms with Crippen LogP contribution in [0.2, 0.25) is 0 Å². The van der Waals surface area contributed by atoms with E-state index in [1.165, 1.54) is 16.5 Å². The van der Waals surface area contributed by atoms with Gasteiger partial charge in [-0.05, 0) is 35.6 Å². The Kier molecular flexibility index (Phi) is 3.97. The highest BCUT2D eigenvalue weighted by atomic mass is 32.1. The van der Waals surface area contributed by atoms with E-state index in [4.69, 9.17) is 0 Å². The predicted molar refractivity (Wildman–Crippen MR) is 95.3 cm³/mol. The standard InChI is InChI=1S/C19H17N3S/c1-4-18-16(13-21-19(18)20-9-1)14-22-10-7-15(8-11-22)5-6-17-3-2-12-23-17/h1-4,7,9,12-13H,8,10-11,14H2,(H,20,21). The SMILES string of the molecule is C(#Cc1cccs1)C1=CCN(Cc2c[nH]c3ncccc23)CC1. The zero-order valence-electron chi connectivity index (χ0n) is 12.7. The zero-order valence-corrected chi connectivity index (χ0v) is 13.6. The van der Waals surface area contributed by atoms with Crippen molar-refractivity contribution in [1.29, 1.82) is 0 Å². The first-order valence-corrected chi connectivity index (χ1v) is 8.64. The van der Waals surface area contributed by atoms with E-state index in [0.29, 0.717) is 0 Å². The third-order valence-corrected chi connectivity index (χ3v) is 4.88. The average Bonchev–Trinajstić information content (AvgIpc) is 3.25. The molecule has 0 atom stereocenters. The molecule has 0 spiro atoms. The van der Waals surface area contributed by atoms with E-state index in [9.17, 15) is 0 Å². The van der Waals surface area contributed by atoms with Crippen molar-refractivity contribution in [2.75, 3.05) is 13.1 Å². The third kappa shape index (κ3) is 3.21. The Bertz CT molecular complexity index is 893. The van der Waals surface area contributed by atoms with Gasteiger partial charge in [0.25, 0.3) is 0 Å². The van der Waals surface area contributed by atoms with Crippen molar-refractivity contribution in [3.05, 3.63) is 64.1 Å². The second-order valence-electron chi connectivity index (χ2n) is 5.66. The summed E-state index contributed by atoms with van der Waals surface area (Å²) < 4.78 is 0. The Hall–Kier alpha value is -2.35. The Morgan fingerprint density at radius 1 is 1.26 bits per heavy atom. The van der Waals surface area contributed by atoms with Gasteiger partial charge in [0.1, 0.15) is 5.65 Å². The van der Waals surface area contributed by atoms with Crippen molar-refractivity contribution in [3.63, 3.8) is 0 Å². The number of fused-ring (bicyclic) bond motifs is 1. The highest BCUT2D eigenvalue weighted by Gasteiger charge is 2.13. The molecule has 0 bridgehead atoms. The van der Waals surface area contributed by atoms with Gasteiger partial charge < -0.3 is 4.98 Å². The van der Waals surface area contributed by atoms with E-state index in [0.717, 1.165) is 36.6 Å². The molecule has 114 valence electrons. The van der Waals surface area contributed by atoms with E-state index in [1.54, 1.807) is 11.3 Å². The molecule has 3 aromatic heterocycles. The minimum Gasteiger partial charge on any atom is -0.346 e. The smallest absolute Gasteiger partial charge is 0.137 e. The van der Waals surface area contributed by atoms with Crippen LogP contribution in [0.15, 0.2) is 53.7 Å². The number of hydrogen-bond acceptors (Lipinski definition) is 3. The molecule has 0 amide bonds. The van der Waals surface area contributed by atoms with Crippen molar-refractivity contribution in [3.8, 4) is 11.8 Å².